The molecular weight excluding hydrogens is 273 g/mol. The van der Waals surface area contributed by atoms with Gasteiger partial charge in [0.05, 0.1) is 0 Å². The Bertz CT molecular complexity index is 507. The molecule has 21 heavy (non-hydrogen) atoms. The first-order chi connectivity index (χ1) is 10.2. The third-order valence-corrected chi connectivity index (χ3v) is 3.22. The summed E-state index contributed by atoms with van der Waals surface area (Å²) in [6.45, 7) is 0.130. The number of nitrogens with one attached hydrogen (secondary N) is 1. The van der Waals surface area contributed by atoms with Gasteiger partial charge in [-0.3, -0.25) is 0 Å². The van der Waals surface area contributed by atoms with Crippen molar-refractivity contribution in [1.29, 1.82) is 0 Å². The molecule has 0 bridgehead atoms. The van der Waals surface area contributed by atoms with Crippen LogP contribution in [0.1, 0.15) is 17.9 Å². The first-order valence-corrected chi connectivity index (χ1v) is 6.75. The fourth-order valence-corrected chi connectivity index (χ4v) is 2.11. The van der Waals surface area contributed by atoms with Gasteiger partial charge < -0.3 is 0 Å². The zero-order valence-electron chi connectivity index (χ0n) is 11.5. The molecule has 0 radical (unpaired) electrons. The number of esters is 2. The van der Waals surface area contributed by atoms with Gasteiger partial charge in [0.1, 0.15) is 0 Å². The topological polar surface area (TPSA) is 81.7 Å². The maximum absolute atomic E-state index is 12.2. The number of hydrogen-bond donors (Lipinski definition) is 1. The molecule has 1 saturated heterocycles. The van der Waals surface area contributed by atoms with Gasteiger partial charge in [-0.2, -0.15) is 0 Å². The van der Waals surface area contributed by atoms with Gasteiger partial charge in [0, 0.05) is 0 Å². The van der Waals surface area contributed by atoms with Gasteiger partial charge in [0.15, 0.2) is 0 Å². The van der Waals surface area contributed by atoms with Crippen LogP contribution < -0.4 is 5.32 Å². The van der Waals surface area contributed by atoms with Crippen LogP contribution in [0.2, 0.25) is 0 Å². The van der Waals surface area contributed by atoms with Crippen molar-refractivity contribution >= 4 is 19.1 Å². The van der Waals surface area contributed by atoms with E-state index >= 15 is 0 Å². The van der Waals surface area contributed by atoms with Crippen molar-refractivity contribution in [1.82, 2.24) is 5.32 Å². The third kappa shape index (κ3) is 4.49. The van der Waals surface area contributed by atoms with Gasteiger partial charge in [0.2, 0.25) is 0 Å². The van der Waals surface area contributed by atoms with Gasteiger partial charge in [-0.05, 0) is 0 Å². The third-order valence-electron chi connectivity index (χ3n) is 3.22. The van der Waals surface area contributed by atoms with E-state index in [4.69, 9.17) is 9.47 Å². The number of carbonyl (C=O) groups is 2. The Labute approximate surface area is 123 Å². The zero-order chi connectivity index (χ0) is 15.1. The summed E-state index contributed by atoms with van der Waals surface area (Å²) in [5.74, 6) is -1.58. The van der Waals surface area contributed by atoms with Crippen molar-refractivity contribution in [3.63, 3.8) is 0 Å². The summed E-state index contributed by atoms with van der Waals surface area (Å²) >= 11 is 0. The van der Waals surface area contributed by atoms with Crippen LogP contribution in [0.15, 0.2) is 30.3 Å². The number of ether oxygens (including phenoxy) is 2. The Balaban J connectivity index is 2.10. The van der Waals surface area contributed by atoms with Crippen LogP contribution in [0.5, 0.6) is 0 Å². The predicted octanol–water partition coefficient (Wildman–Crippen LogP) is 0.226. The average Bonchev–Trinajstić information content (AvgIpc) is 2.58. The Morgan fingerprint density at radius 2 is 1.86 bits per heavy atom. The van der Waals surface area contributed by atoms with Gasteiger partial charge >= 0.3 is 122 Å². The van der Waals surface area contributed by atoms with Crippen LogP contribution >= 0.6 is 0 Å². The van der Waals surface area contributed by atoms with Crippen LogP contribution in [-0.2, 0) is 23.8 Å². The summed E-state index contributed by atoms with van der Waals surface area (Å²) in [5.41, 5.74) is 0.721. The quantitative estimate of drug-likeness (QED) is 0.631. The van der Waals surface area contributed by atoms with E-state index in [9.17, 15) is 14.3 Å². The fraction of sp³-hybridized carbons (Fsp3) is 0.429. The number of benzene rings is 1. The number of hydrogen-bond acceptors (Lipinski definition) is 6. The molecule has 2 rings (SSSR count). The van der Waals surface area contributed by atoms with E-state index in [2.05, 4.69) is 5.32 Å². The van der Waals surface area contributed by atoms with E-state index < -0.39 is 17.9 Å². The molecule has 0 spiro atoms. The number of carbonyl (C=O) groups excluding carboxylic acids is 2. The van der Waals surface area contributed by atoms with E-state index in [1.165, 1.54) is 0 Å². The first kappa shape index (κ1) is 15.4. The monoisotopic (exact) mass is 289 g/mol. The molecule has 0 aromatic heterocycles. The summed E-state index contributed by atoms with van der Waals surface area (Å²) in [5, 5.41) is 2.84. The van der Waals surface area contributed by atoms with Gasteiger partial charge in [0.25, 0.3) is 0 Å². The van der Waals surface area contributed by atoms with Crippen LogP contribution in [0.4, 0.5) is 0 Å². The molecule has 6 nitrogen and oxygen atoms in total. The predicted molar refractivity (Wildman–Crippen MR) is 73.9 cm³/mol. The Morgan fingerprint density at radius 1 is 1.14 bits per heavy atom. The van der Waals surface area contributed by atoms with E-state index in [0.717, 1.165) is 5.56 Å². The van der Waals surface area contributed by atoms with Crippen LogP contribution in [-0.4, -0.2) is 44.8 Å². The molecule has 1 heterocycles. The van der Waals surface area contributed by atoms with Crippen LogP contribution in [0.25, 0.3) is 0 Å². The Morgan fingerprint density at radius 3 is 2.57 bits per heavy atom. The molecule has 110 valence electrons. The van der Waals surface area contributed by atoms with Crippen molar-refractivity contribution in [2.75, 3.05) is 19.7 Å². The van der Waals surface area contributed by atoms with Crippen molar-refractivity contribution in [2.24, 2.45) is 0 Å². The Hall–Kier alpha value is -2.02. The van der Waals surface area contributed by atoms with Crippen LogP contribution in [0, 0.1) is 0 Å². The summed E-state index contributed by atoms with van der Waals surface area (Å²) < 4.78 is 20.7. The molecule has 7 heteroatoms. The van der Waals surface area contributed by atoms with Crippen molar-refractivity contribution in [2.45, 2.75) is 18.4 Å². The van der Waals surface area contributed by atoms with E-state index in [0.29, 0.717) is 7.15 Å². The van der Waals surface area contributed by atoms with Crippen LogP contribution in [0.3, 0.4) is 0 Å². The second-order valence-electron chi connectivity index (χ2n) is 4.75. The van der Waals surface area contributed by atoms with Gasteiger partial charge in [-0.1, -0.05) is 0 Å². The number of cyclic esters (lactones) is 2. The molecule has 1 aliphatic rings. The molecular formula is C14H16BNO5. The SMILES string of the molecule is O=BCNC1COC(=O)CC(c2ccccc2)C(=O)OC1. The van der Waals surface area contributed by atoms with Crippen molar-refractivity contribution in [3.8, 4) is 0 Å². The minimum absolute atomic E-state index is 0.0523. The summed E-state index contributed by atoms with van der Waals surface area (Å²) in [4.78, 5) is 24.0. The Kier molecular flexibility index (Phi) is 5.63. The van der Waals surface area contributed by atoms with Crippen molar-refractivity contribution < 1.29 is 23.8 Å². The van der Waals surface area contributed by atoms with Gasteiger partial charge in [-0.25, -0.2) is 0 Å². The molecule has 0 amide bonds. The second-order valence-corrected chi connectivity index (χ2v) is 4.75. The normalized spacial score (nSPS) is 23.0. The standard InChI is InChI=1S/C14H16BNO5/c17-13-6-12(10-4-2-1-3-5-10)14(18)21-8-11(7-20-13)16-9-15-19/h1-5,11-12,16H,6-9H2. The average molecular weight is 289 g/mol. The molecule has 1 aromatic rings. The minimum atomic E-state index is -0.663. The van der Waals surface area contributed by atoms with E-state index in [1.807, 2.05) is 6.07 Å². The zero-order valence-corrected chi connectivity index (χ0v) is 11.5. The maximum atomic E-state index is 12.2. The molecule has 2 unspecified atom stereocenters. The van der Waals surface area contributed by atoms with Gasteiger partial charge in [-0.15, -0.1) is 0 Å². The summed E-state index contributed by atoms with van der Waals surface area (Å²) in [6.07, 6.45) is 0.0606. The molecule has 0 saturated carbocycles. The summed E-state index contributed by atoms with van der Waals surface area (Å²) in [6, 6.07) is 8.61. The fourth-order valence-electron chi connectivity index (χ4n) is 2.11. The number of rotatable bonds is 4. The molecule has 1 aromatic carbocycles. The van der Waals surface area contributed by atoms with Crippen molar-refractivity contribution in [3.05, 3.63) is 35.9 Å². The van der Waals surface area contributed by atoms with E-state index in [1.54, 1.807) is 24.3 Å². The molecule has 1 fully saturated rings. The molecule has 1 aliphatic heterocycles. The molecule has 2 atom stereocenters. The molecule has 1 N–H and O–H groups in total. The summed E-state index contributed by atoms with van der Waals surface area (Å²) in [7, 11) is 0.697. The second kappa shape index (κ2) is 7.68. The molecule has 0 aliphatic carbocycles. The van der Waals surface area contributed by atoms with E-state index in [-0.39, 0.29) is 32.1 Å². The first-order valence-electron chi connectivity index (χ1n) is 6.75.